The summed E-state index contributed by atoms with van der Waals surface area (Å²) in [5.74, 6) is 0.683. The van der Waals surface area contributed by atoms with Crippen molar-refractivity contribution < 1.29 is 19.5 Å². The SMILES string of the molecule is Nc1cnnc2cc(-c3cc(B(O)O)ccc3OC3CCOCC3)ccc12. The van der Waals surface area contributed by atoms with Gasteiger partial charge < -0.3 is 25.3 Å². The molecule has 7 nitrogen and oxygen atoms in total. The predicted molar refractivity (Wildman–Crippen MR) is 104 cm³/mol. The van der Waals surface area contributed by atoms with Crippen LogP contribution in [0.15, 0.2) is 42.6 Å². The Hall–Kier alpha value is -2.68. The largest absolute Gasteiger partial charge is 0.490 e. The van der Waals surface area contributed by atoms with Crippen LogP contribution in [-0.2, 0) is 4.74 Å². The zero-order valence-corrected chi connectivity index (χ0v) is 14.7. The lowest BCUT2D eigenvalue weighted by molar-refractivity contribution is 0.0258. The summed E-state index contributed by atoms with van der Waals surface area (Å²) in [7, 11) is -1.56. The first-order chi connectivity index (χ1) is 13.1. The van der Waals surface area contributed by atoms with Gasteiger partial charge in [-0.1, -0.05) is 18.2 Å². The quantitative estimate of drug-likeness (QED) is 0.594. The van der Waals surface area contributed by atoms with Crippen molar-refractivity contribution >= 4 is 29.2 Å². The zero-order valence-electron chi connectivity index (χ0n) is 14.7. The van der Waals surface area contributed by atoms with E-state index in [4.69, 9.17) is 15.2 Å². The maximum Gasteiger partial charge on any atom is 0.488 e. The molecule has 138 valence electrons. The zero-order chi connectivity index (χ0) is 18.8. The summed E-state index contributed by atoms with van der Waals surface area (Å²) in [6.07, 6.45) is 3.23. The van der Waals surface area contributed by atoms with E-state index < -0.39 is 7.12 Å². The molecule has 1 aliphatic heterocycles. The lowest BCUT2D eigenvalue weighted by atomic mass is 9.79. The Morgan fingerprint density at radius 2 is 1.93 bits per heavy atom. The van der Waals surface area contributed by atoms with Gasteiger partial charge in [0.2, 0.25) is 0 Å². The molecule has 1 saturated heterocycles. The molecule has 1 aromatic heterocycles. The van der Waals surface area contributed by atoms with E-state index in [1.54, 1.807) is 18.2 Å². The van der Waals surface area contributed by atoms with Gasteiger partial charge in [-0.15, -0.1) is 0 Å². The Balaban J connectivity index is 1.77. The second-order valence-electron chi connectivity index (χ2n) is 6.59. The molecule has 4 N–H and O–H groups in total. The summed E-state index contributed by atoms with van der Waals surface area (Å²) in [6.45, 7) is 1.36. The number of nitrogens with zero attached hydrogens (tertiary/aromatic N) is 2. The fourth-order valence-corrected chi connectivity index (χ4v) is 3.26. The van der Waals surface area contributed by atoms with Gasteiger partial charge in [0, 0.05) is 23.8 Å². The molecule has 0 amide bonds. The van der Waals surface area contributed by atoms with Crippen LogP contribution >= 0.6 is 0 Å². The highest BCUT2D eigenvalue weighted by atomic mass is 16.5. The molecule has 4 rings (SSSR count). The molecule has 2 aromatic carbocycles. The predicted octanol–water partition coefficient (Wildman–Crippen LogP) is 1.12. The third-order valence-electron chi connectivity index (χ3n) is 4.75. The van der Waals surface area contributed by atoms with Gasteiger partial charge in [-0.05, 0) is 29.2 Å². The molecule has 0 atom stereocenters. The van der Waals surface area contributed by atoms with Gasteiger partial charge in [0.1, 0.15) is 11.9 Å². The fourth-order valence-electron chi connectivity index (χ4n) is 3.26. The summed E-state index contributed by atoms with van der Waals surface area (Å²) in [6, 6.07) is 10.8. The maximum absolute atomic E-state index is 9.57. The van der Waals surface area contributed by atoms with E-state index in [0.29, 0.717) is 35.6 Å². The molecule has 0 radical (unpaired) electrons. The van der Waals surface area contributed by atoms with Crippen molar-refractivity contribution in [3.05, 3.63) is 42.6 Å². The minimum atomic E-state index is -1.56. The standard InChI is InChI=1S/C19H20BN3O4/c21-17-11-22-23-18-9-12(1-3-15(17)18)16-10-13(20(24)25)2-4-19(16)27-14-5-7-26-8-6-14/h1-4,9-11,14,24-25H,5-8H2,(H2,21,23). The average Bonchev–Trinajstić information content (AvgIpc) is 2.69. The maximum atomic E-state index is 9.57. The summed E-state index contributed by atoms with van der Waals surface area (Å²) < 4.78 is 11.6. The highest BCUT2D eigenvalue weighted by Gasteiger charge is 2.20. The Morgan fingerprint density at radius 3 is 2.70 bits per heavy atom. The molecular weight excluding hydrogens is 345 g/mol. The number of ether oxygens (including phenoxy) is 2. The van der Waals surface area contributed by atoms with Crippen LogP contribution in [-0.4, -0.2) is 46.7 Å². The van der Waals surface area contributed by atoms with Crippen molar-refractivity contribution in [1.29, 1.82) is 0 Å². The van der Waals surface area contributed by atoms with Crippen LogP contribution < -0.4 is 15.9 Å². The van der Waals surface area contributed by atoms with Gasteiger partial charge in [0.25, 0.3) is 0 Å². The molecule has 1 aliphatic rings. The molecule has 0 aliphatic carbocycles. The lowest BCUT2D eigenvalue weighted by Crippen LogP contribution is -2.30. The van der Waals surface area contributed by atoms with E-state index in [-0.39, 0.29) is 6.10 Å². The van der Waals surface area contributed by atoms with E-state index in [9.17, 15) is 10.0 Å². The number of aromatic nitrogens is 2. The van der Waals surface area contributed by atoms with Gasteiger partial charge in [0.05, 0.1) is 30.6 Å². The Morgan fingerprint density at radius 1 is 1.11 bits per heavy atom. The summed E-state index contributed by atoms with van der Waals surface area (Å²) in [5.41, 5.74) is 9.18. The van der Waals surface area contributed by atoms with E-state index in [1.165, 1.54) is 6.20 Å². The Kier molecular flexibility index (Phi) is 4.93. The van der Waals surface area contributed by atoms with Gasteiger partial charge in [-0.3, -0.25) is 0 Å². The van der Waals surface area contributed by atoms with Crippen LogP contribution in [0.2, 0.25) is 0 Å². The van der Waals surface area contributed by atoms with E-state index in [2.05, 4.69) is 10.2 Å². The Bertz CT molecular complexity index is 961. The van der Waals surface area contributed by atoms with Crippen LogP contribution in [0.3, 0.4) is 0 Å². The molecule has 3 aromatic rings. The van der Waals surface area contributed by atoms with Crippen LogP contribution in [0.5, 0.6) is 5.75 Å². The molecule has 8 heteroatoms. The van der Waals surface area contributed by atoms with Crippen molar-refractivity contribution in [1.82, 2.24) is 10.2 Å². The van der Waals surface area contributed by atoms with Gasteiger partial charge in [-0.2, -0.15) is 10.2 Å². The second-order valence-corrected chi connectivity index (χ2v) is 6.59. The first kappa shape index (κ1) is 17.7. The molecule has 0 spiro atoms. The minimum Gasteiger partial charge on any atom is -0.490 e. The minimum absolute atomic E-state index is 0.0679. The Labute approximate surface area is 156 Å². The summed E-state index contributed by atoms with van der Waals surface area (Å²) in [5, 5.41) is 28.0. The average molecular weight is 365 g/mol. The van der Waals surface area contributed by atoms with Gasteiger partial charge in [-0.25, -0.2) is 0 Å². The third kappa shape index (κ3) is 3.73. The van der Waals surface area contributed by atoms with Crippen LogP contribution in [0.25, 0.3) is 22.0 Å². The van der Waals surface area contributed by atoms with Crippen molar-refractivity contribution in [3.63, 3.8) is 0 Å². The van der Waals surface area contributed by atoms with Crippen molar-refractivity contribution in [2.45, 2.75) is 18.9 Å². The number of benzene rings is 2. The number of anilines is 1. The van der Waals surface area contributed by atoms with Gasteiger partial charge >= 0.3 is 7.12 Å². The number of fused-ring (bicyclic) bond motifs is 1. The number of rotatable bonds is 4. The topological polar surface area (TPSA) is 111 Å². The first-order valence-electron chi connectivity index (χ1n) is 8.87. The molecule has 0 saturated carbocycles. The molecule has 0 unspecified atom stereocenters. The highest BCUT2D eigenvalue weighted by Crippen LogP contribution is 2.33. The van der Waals surface area contributed by atoms with E-state index in [1.807, 2.05) is 18.2 Å². The molecule has 27 heavy (non-hydrogen) atoms. The summed E-state index contributed by atoms with van der Waals surface area (Å²) >= 11 is 0. The summed E-state index contributed by atoms with van der Waals surface area (Å²) in [4.78, 5) is 0. The number of hydrogen-bond donors (Lipinski definition) is 3. The number of hydrogen-bond acceptors (Lipinski definition) is 7. The van der Waals surface area contributed by atoms with E-state index >= 15 is 0 Å². The van der Waals surface area contributed by atoms with Crippen LogP contribution in [0, 0.1) is 0 Å². The van der Waals surface area contributed by atoms with Crippen LogP contribution in [0.4, 0.5) is 5.69 Å². The number of nitrogens with two attached hydrogens (primary N) is 1. The van der Waals surface area contributed by atoms with Crippen molar-refractivity contribution in [3.8, 4) is 16.9 Å². The molecule has 0 bridgehead atoms. The first-order valence-corrected chi connectivity index (χ1v) is 8.87. The fraction of sp³-hybridized carbons (Fsp3) is 0.263. The van der Waals surface area contributed by atoms with Crippen molar-refractivity contribution in [2.24, 2.45) is 0 Å². The number of nitrogen functional groups attached to an aromatic ring is 1. The lowest BCUT2D eigenvalue weighted by Gasteiger charge is -2.25. The molecular formula is C19H20BN3O4. The molecule has 1 fully saturated rings. The third-order valence-corrected chi connectivity index (χ3v) is 4.75. The van der Waals surface area contributed by atoms with Crippen LogP contribution in [0.1, 0.15) is 12.8 Å². The monoisotopic (exact) mass is 365 g/mol. The second kappa shape index (κ2) is 7.52. The van der Waals surface area contributed by atoms with E-state index in [0.717, 1.165) is 29.4 Å². The molecule has 2 heterocycles. The smallest absolute Gasteiger partial charge is 0.488 e. The van der Waals surface area contributed by atoms with Crippen molar-refractivity contribution in [2.75, 3.05) is 18.9 Å². The van der Waals surface area contributed by atoms with Gasteiger partial charge in [0.15, 0.2) is 0 Å². The highest BCUT2D eigenvalue weighted by molar-refractivity contribution is 6.58. The normalized spacial score (nSPS) is 15.0.